The summed E-state index contributed by atoms with van der Waals surface area (Å²) in [7, 11) is 0. The standard InChI is InChI=1S/C11H14F3N3O/c1-7-8(3-2-4-15-7)18-10-6-16-9(5-17-10)11(12,13)14/h5-8,15H,2-4H2,1H3/t7-,8+/m0/s1. The van der Waals surface area contributed by atoms with E-state index in [1.165, 1.54) is 0 Å². The highest BCUT2D eigenvalue weighted by Crippen LogP contribution is 2.27. The predicted molar refractivity (Wildman–Crippen MR) is 58.1 cm³/mol. The van der Waals surface area contributed by atoms with E-state index < -0.39 is 11.9 Å². The Morgan fingerprint density at radius 2 is 2.11 bits per heavy atom. The number of piperidine rings is 1. The molecule has 1 N–H and O–H groups in total. The Morgan fingerprint density at radius 3 is 2.67 bits per heavy atom. The van der Waals surface area contributed by atoms with Crippen LogP contribution in [0.3, 0.4) is 0 Å². The van der Waals surface area contributed by atoms with E-state index in [0.717, 1.165) is 25.6 Å². The molecule has 0 aliphatic carbocycles. The van der Waals surface area contributed by atoms with Crippen LogP contribution in [-0.4, -0.2) is 28.7 Å². The lowest BCUT2D eigenvalue weighted by atomic mass is 10.0. The number of ether oxygens (including phenoxy) is 1. The van der Waals surface area contributed by atoms with Crippen LogP contribution in [0.15, 0.2) is 12.4 Å². The van der Waals surface area contributed by atoms with Gasteiger partial charge in [0.1, 0.15) is 6.10 Å². The Morgan fingerprint density at radius 1 is 1.33 bits per heavy atom. The van der Waals surface area contributed by atoms with Crippen LogP contribution in [-0.2, 0) is 6.18 Å². The van der Waals surface area contributed by atoms with Crippen LogP contribution in [0.2, 0.25) is 0 Å². The van der Waals surface area contributed by atoms with Gasteiger partial charge in [0.2, 0.25) is 5.88 Å². The zero-order valence-electron chi connectivity index (χ0n) is 9.87. The van der Waals surface area contributed by atoms with Crippen molar-refractivity contribution < 1.29 is 17.9 Å². The molecular formula is C11H14F3N3O. The summed E-state index contributed by atoms with van der Waals surface area (Å²) in [6, 6.07) is 0.155. The van der Waals surface area contributed by atoms with Crippen LogP contribution in [0.25, 0.3) is 0 Å². The van der Waals surface area contributed by atoms with Crippen molar-refractivity contribution in [1.29, 1.82) is 0 Å². The van der Waals surface area contributed by atoms with Gasteiger partial charge in [-0.2, -0.15) is 13.2 Å². The first-order valence-corrected chi connectivity index (χ1v) is 5.76. The van der Waals surface area contributed by atoms with Gasteiger partial charge in [0.15, 0.2) is 5.69 Å². The fourth-order valence-electron chi connectivity index (χ4n) is 1.85. The highest BCUT2D eigenvalue weighted by Gasteiger charge is 2.33. The van der Waals surface area contributed by atoms with Gasteiger partial charge in [0.05, 0.1) is 12.4 Å². The topological polar surface area (TPSA) is 47.0 Å². The molecule has 2 rings (SSSR count). The minimum atomic E-state index is -4.47. The molecule has 2 atom stereocenters. The fraction of sp³-hybridized carbons (Fsp3) is 0.636. The van der Waals surface area contributed by atoms with Gasteiger partial charge in [0.25, 0.3) is 0 Å². The minimum Gasteiger partial charge on any atom is -0.472 e. The predicted octanol–water partition coefficient (Wildman–Crippen LogP) is 2.01. The third-order valence-electron chi connectivity index (χ3n) is 2.88. The number of alkyl halides is 3. The van der Waals surface area contributed by atoms with Gasteiger partial charge in [-0.3, -0.25) is 0 Å². The summed E-state index contributed by atoms with van der Waals surface area (Å²) in [5.41, 5.74) is -1.01. The normalized spacial score (nSPS) is 24.9. The molecular weight excluding hydrogens is 247 g/mol. The third-order valence-corrected chi connectivity index (χ3v) is 2.88. The first kappa shape index (κ1) is 13.1. The number of rotatable bonds is 2. The van der Waals surface area contributed by atoms with Crippen molar-refractivity contribution in [2.45, 2.75) is 38.1 Å². The van der Waals surface area contributed by atoms with Crippen LogP contribution in [0.5, 0.6) is 5.88 Å². The molecule has 0 radical (unpaired) electrons. The zero-order valence-corrected chi connectivity index (χ0v) is 9.87. The van der Waals surface area contributed by atoms with E-state index in [9.17, 15) is 13.2 Å². The Labute approximate surface area is 103 Å². The molecule has 100 valence electrons. The molecule has 0 bridgehead atoms. The molecule has 1 fully saturated rings. The number of nitrogens with one attached hydrogen (secondary N) is 1. The van der Waals surface area contributed by atoms with Gasteiger partial charge in [-0.15, -0.1) is 0 Å². The summed E-state index contributed by atoms with van der Waals surface area (Å²) in [5, 5.41) is 3.23. The SMILES string of the molecule is C[C@@H]1NCCC[C@H]1Oc1cnc(C(F)(F)F)cn1. The molecule has 0 aromatic carbocycles. The van der Waals surface area contributed by atoms with Gasteiger partial charge in [-0.25, -0.2) is 9.97 Å². The van der Waals surface area contributed by atoms with E-state index in [-0.39, 0.29) is 18.0 Å². The Bertz CT molecular complexity index is 394. The van der Waals surface area contributed by atoms with Gasteiger partial charge in [-0.1, -0.05) is 0 Å². The highest BCUT2D eigenvalue weighted by atomic mass is 19.4. The second-order valence-corrected chi connectivity index (χ2v) is 4.28. The number of hydrogen-bond donors (Lipinski definition) is 1. The molecule has 1 aliphatic heterocycles. The van der Waals surface area contributed by atoms with Crippen molar-refractivity contribution in [2.24, 2.45) is 0 Å². The van der Waals surface area contributed by atoms with Crippen LogP contribution in [0, 0.1) is 0 Å². The molecule has 7 heteroatoms. The maximum atomic E-state index is 12.3. The molecule has 18 heavy (non-hydrogen) atoms. The van der Waals surface area contributed by atoms with Gasteiger partial charge in [0, 0.05) is 6.04 Å². The smallest absolute Gasteiger partial charge is 0.434 e. The van der Waals surface area contributed by atoms with Crippen LogP contribution >= 0.6 is 0 Å². The Kier molecular flexibility index (Phi) is 3.70. The lowest BCUT2D eigenvalue weighted by molar-refractivity contribution is -0.141. The number of aromatic nitrogens is 2. The number of halogens is 3. The quantitative estimate of drug-likeness (QED) is 0.884. The summed E-state index contributed by atoms with van der Waals surface area (Å²) < 4.78 is 42.4. The molecule has 1 aromatic rings. The summed E-state index contributed by atoms with van der Waals surface area (Å²) in [6.07, 6.45) is -1.00. The van der Waals surface area contributed by atoms with Crippen molar-refractivity contribution >= 4 is 0 Å². The summed E-state index contributed by atoms with van der Waals surface area (Å²) >= 11 is 0. The van der Waals surface area contributed by atoms with E-state index in [0.29, 0.717) is 6.20 Å². The van der Waals surface area contributed by atoms with Crippen molar-refractivity contribution in [2.75, 3.05) is 6.54 Å². The number of nitrogens with zero attached hydrogens (tertiary/aromatic N) is 2. The molecule has 1 aromatic heterocycles. The van der Waals surface area contributed by atoms with Gasteiger partial charge < -0.3 is 10.1 Å². The molecule has 2 heterocycles. The third kappa shape index (κ3) is 3.10. The van der Waals surface area contributed by atoms with Gasteiger partial charge >= 0.3 is 6.18 Å². The molecule has 0 spiro atoms. The molecule has 0 amide bonds. The van der Waals surface area contributed by atoms with E-state index in [2.05, 4.69) is 15.3 Å². The summed E-state index contributed by atoms with van der Waals surface area (Å²) in [6.45, 7) is 2.90. The van der Waals surface area contributed by atoms with E-state index in [1.807, 2.05) is 6.92 Å². The van der Waals surface area contributed by atoms with Crippen molar-refractivity contribution in [1.82, 2.24) is 15.3 Å². The molecule has 1 saturated heterocycles. The summed E-state index contributed by atoms with van der Waals surface area (Å²) in [5.74, 6) is 0.128. The Balaban J connectivity index is 2.02. The maximum absolute atomic E-state index is 12.3. The van der Waals surface area contributed by atoms with E-state index in [1.54, 1.807) is 0 Å². The number of hydrogen-bond acceptors (Lipinski definition) is 4. The monoisotopic (exact) mass is 261 g/mol. The lowest BCUT2D eigenvalue weighted by Gasteiger charge is -2.29. The fourth-order valence-corrected chi connectivity index (χ4v) is 1.85. The summed E-state index contributed by atoms with van der Waals surface area (Å²) in [4.78, 5) is 6.95. The minimum absolute atomic E-state index is 0.0789. The first-order valence-electron chi connectivity index (χ1n) is 5.76. The second kappa shape index (κ2) is 5.09. The lowest BCUT2D eigenvalue weighted by Crippen LogP contribution is -2.45. The van der Waals surface area contributed by atoms with Gasteiger partial charge in [-0.05, 0) is 26.3 Å². The van der Waals surface area contributed by atoms with Crippen molar-refractivity contribution in [3.8, 4) is 5.88 Å². The average molecular weight is 261 g/mol. The first-order chi connectivity index (χ1) is 8.47. The maximum Gasteiger partial charge on any atom is 0.434 e. The average Bonchev–Trinajstić information content (AvgIpc) is 2.32. The molecule has 4 nitrogen and oxygen atoms in total. The molecule has 0 unspecified atom stereocenters. The molecule has 0 saturated carbocycles. The van der Waals surface area contributed by atoms with E-state index in [4.69, 9.17) is 4.74 Å². The van der Waals surface area contributed by atoms with Crippen LogP contribution in [0.1, 0.15) is 25.5 Å². The zero-order chi connectivity index (χ0) is 13.2. The van der Waals surface area contributed by atoms with Crippen LogP contribution < -0.4 is 10.1 Å². The largest absolute Gasteiger partial charge is 0.472 e. The van der Waals surface area contributed by atoms with Crippen LogP contribution in [0.4, 0.5) is 13.2 Å². The molecule has 1 aliphatic rings. The Hall–Kier alpha value is -1.37. The van der Waals surface area contributed by atoms with Crippen molar-refractivity contribution in [3.05, 3.63) is 18.1 Å². The van der Waals surface area contributed by atoms with Crippen molar-refractivity contribution in [3.63, 3.8) is 0 Å². The second-order valence-electron chi connectivity index (χ2n) is 4.28. The van der Waals surface area contributed by atoms with E-state index >= 15 is 0 Å². The highest BCUT2D eigenvalue weighted by molar-refractivity contribution is 5.10.